The lowest BCUT2D eigenvalue weighted by atomic mass is 10.2. The summed E-state index contributed by atoms with van der Waals surface area (Å²) in [5.41, 5.74) is 0.607. The van der Waals surface area contributed by atoms with Gasteiger partial charge in [-0.15, -0.1) is 0 Å². The summed E-state index contributed by atoms with van der Waals surface area (Å²) in [4.78, 5) is 11.5. The zero-order valence-corrected chi connectivity index (χ0v) is 11.4. The molecule has 1 aromatic carbocycles. The maximum absolute atomic E-state index is 11.5. The van der Waals surface area contributed by atoms with Crippen molar-refractivity contribution in [2.24, 2.45) is 0 Å². The molecule has 0 aliphatic heterocycles. The second kappa shape index (κ2) is 6.24. The van der Waals surface area contributed by atoms with Crippen LogP contribution in [0, 0.1) is 6.04 Å². The van der Waals surface area contributed by atoms with Gasteiger partial charge in [-0.05, 0) is 33.3 Å². The molecule has 0 aromatic heterocycles. The second-order valence-corrected chi connectivity index (χ2v) is 5.05. The van der Waals surface area contributed by atoms with E-state index in [-0.39, 0.29) is 0 Å². The van der Waals surface area contributed by atoms with Gasteiger partial charge in [-0.2, -0.15) is 0 Å². The maximum atomic E-state index is 11.5. The molecule has 0 spiro atoms. The van der Waals surface area contributed by atoms with Gasteiger partial charge in [0.25, 0.3) is 0 Å². The number of amides is 1. The van der Waals surface area contributed by atoms with E-state index in [1.54, 1.807) is 0 Å². The Morgan fingerprint density at radius 3 is 2.39 bits per heavy atom. The second-order valence-electron chi connectivity index (χ2n) is 5.05. The van der Waals surface area contributed by atoms with Gasteiger partial charge in [0.15, 0.2) is 0 Å². The Labute approximate surface area is 109 Å². The van der Waals surface area contributed by atoms with E-state index in [1.807, 2.05) is 70.2 Å². The summed E-state index contributed by atoms with van der Waals surface area (Å²) in [6, 6.07) is 10.6. The number of hydrogen-bond acceptors (Lipinski definition) is 2. The van der Waals surface area contributed by atoms with Crippen LogP contribution >= 0.6 is 0 Å². The van der Waals surface area contributed by atoms with Crippen LogP contribution in [0.25, 0.3) is 6.08 Å². The first-order valence-corrected chi connectivity index (χ1v) is 5.93. The Kier molecular flexibility index (Phi) is 4.95. The molecule has 0 unspecified atom stereocenters. The Morgan fingerprint density at radius 1 is 1.22 bits per heavy atom. The highest BCUT2D eigenvalue weighted by molar-refractivity contribution is 5.70. The van der Waals surface area contributed by atoms with Gasteiger partial charge >= 0.3 is 6.09 Å². The van der Waals surface area contributed by atoms with Crippen LogP contribution in [0.1, 0.15) is 33.3 Å². The van der Waals surface area contributed by atoms with E-state index < -0.39 is 11.7 Å². The highest BCUT2D eigenvalue weighted by Gasteiger charge is 2.16. The van der Waals surface area contributed by atoms with Crippen molar-refractivity contribution in [1.82, 2.24) is 5.32 Å². The van der Waals surface area contributed by atoms with E-state index in [0.29, 0.717) is 0 Å². The molecule has 0 bridgehead atoms. The fraction of sp³-hybridized carbons (Fsp3) is 0.333. The number of nitrogens with one attached hydrogen (secondary N) is 1. The lowest BCUT2D eigenvalue weighted by molar-refractivity contribution is 0.0537. The lowest BCUT2D eigenvalue weighted by Gasteiger charge is -2.20. The third-order valence-corrected chi connectivity index (χ3v) is 2.02. The minimum Gasteiger partial charge on any atom is -0.444 e. The van der Waals surface area contributed by atoms with Crippen molar-refractivity contribution < 1.29 is 9.53 Å². The van der Waals surface area contributed by atoms with Crippen molar-refractivity contribution in [3.05, 3.63) is 48.0 Å². The molecule has 0 saturated carbocycles. The van der Waals surface area contributed by atoms with Crippen molar-refractivity contribution >= 4 is 12.2 Å². The first kappa shape index (κ1) is 14.3. The van der Waals surface area contributed by atoms with Crippen molar-refractivity contribution in [3.8, 4) is 0 Å². The van der Waals surface area contributed by atoms with Gasteiger partial charge in [-0.1, -0.05) is 42.5 Å². The summed E-state index contributed by atoms with van der Waals surface area (Å²) >= 11 is 0. The highest BCUT2D eigenvalue weighted by Crippen LogP contribution is 2.09. The molecule has 0 fully saturated rings. The average molecular weight is 246 g/mol. The molecule has 1 N–H and O–H groups in total. The van der Waals surface area contributed by atoms with Gasteiger partial charge in [0.1, 0.15) is 5.60 Å². The van der Waals surface area contributed by atoms with Gasteiger partial charge in [0.2, 0.25) is 0 Å². The van der Waals surface area contributed by atoms with E-state index in [1.165, 1.54) is 0 Å². The third kappa shape index (κ3) is 6.09. The lowest BCUT2D eigenvalue weighted by Crippen LogP contribution is -2.33. The molecule has 1 aromatic rings. The van der Waals surface area contributed by atoms with Crippen LogP contribution in [0.15, 0.2) is 36.4 Å². The molecule has 18 heavy (non-hydrogen) atoms. The normalized spacial score (nSPS) is 11.8. The first-order chi connectivity index (χ1) is 8.37. The summed E-state index contributed by atoms with van der Waals surface area (Å²) in [6.45, 7) is 7.33. The van der Waals surface area contributed by atoms with Crippen LogP contribution in [-0.2, 0) is 4.74 Å². The topological polar surface area (TPSA) is 38.3 Å². The van der Waals surface area contributed by atoms with Crippen LogP contribution in [0.3, 0.4) is 0 Å². The molecule has 3 nitrogen and oxygen atoms in total. The van der Waals surface area contributed by atoms with Crippen LogP contribution in [0.2, 0.25) is 0 Å². The van der Waals surface area contributed by atoms with Crippen molar-refractivity contribution in [3.63, 3.8) is 0 Å². The number of benzene rings is 1. The largest absolute Gasteiger partial charge is 0.444 e. The molecule has 3 heteroatoms. The fourth-order valence-corrected chi connectivity index (χ4v) is 1.29. The predicted molar refractivity (Wildman–Crippen MR) is 73.8 cm³/mol. The molecule has 1 amide bonds. The van der Waals surface area contributed by atoms with Gasteiger partial charge in [-0.3, -0.25) is 0 Å². The number of hydrogen-bond donors (Lipinski definition) is 1. The predicted octanol–water partition coefficient (Wildman–Crippen LogP) is 3.78. The quantitative estimate of drug-likeness (QED) is 0.881. The fourth-order valence-electron chi connectivity index (χ4n) is 1.29. The summed E-state index contributed by atoms with van der Waals surface area (Å²) in [5, 5.41) is 2.68. The summed E-state index contributed by atoms with van der Waals surface area (Å²) in [5.74, 6) is 0. The Morgan fingerprint density at radius 2 is 1.83 bits per heavy atom. The van der Waals surface area contributed by atoms with Crippen molar-refractivity contribution in [2.75, 3.05) is 0 Å². The minimum atomic E-state index is -0.479. The molecular weight excluding hydrogens is 226 g/mol. The van der Waals surface area contributed by atoms with Crippen molar-refractivity contribution in [1.29, 1.82) is 0 Å². The Hall–Kier alpha value is -1.77. The average Bonchev–Trinajstić information content (AvgIpc) is 2.25. The van der Waals surface area contributed by atoms with Gasteiger partial charge < -0.3 is 10.1 Å². The van der Waals surface area contributed by atoms with E-state index in [2.05, 4.69) is 5.32 Å². The zero-order valence-electron chi connectivity index (χ0n) is 11.4. The van der Waals surface area contributed by atoms with Gasteiger partial charge in [0, 0.05) is 0 Å². The van der Waals surface area contributed by atoms with E-state index in [9.17, 15) is 4.79 Å². The summed E-state index contributed by atoms with van der Waals surface area (Å²) in [6.07, 6.45) is 3.35. The molecule has 0 aliphatic carbocycles. The van der Waals surface area contributed by atoms with Crippen molar-refractivity contribution in [2.45, 2.75) is 33.3 Å². The summed E-state index contributed by atoms with van der Waals surface area (Å²) in [7, 11) is 0. The molecule has 0 aliphatic rings. The maximum Gasteiger partial charge on any atom is 0.408 e. The summed E-state index contributed by atoms with van der Waals surface area (Å²) < 4.78 is 5.16. The molecule has 97 valence electrons. The zero-order chi connectivity index (χ0) is 13.6. The monoisotopic (exact) mass is 246 g/mol. The van der Waals surface area contributed by atoms with Crippen LogP contribution in [0.5, 0.6) is 0 Å². The number of ether oxygens (including phenoxy) is 1. The molecule has 0 saturated heterocycles. The number of alkyl carbamates (subject to hydrolysis) is 1. The van der Waals surface area contributed by atoms with Crippen LogP contribution in [0.4, 0.5) is 4.79 Å². The van der Waals surface area contributed by atoms with Crippen LogP contribution < -0.4 is 5.32 Å². The molecular formula is C15H20NO2. The molecule has 1 rings (SSSR count). The number of carbonyl (C=O) groups is 1. The number of rotatable bonds is 3. The van der Waals surface area contributed by atoms with Gasteiger partial charge in [-0.25, -0.2) is 4.79 Å². The highest BCUT2D eigenvalue weighted by atomic mass is 16.6. The molecule has 0 heterocycles. The van der Waals surface area contributed by atoms with E-state index >= 15 is 0 Å². The van der Waals surface area contributed by atoms with E-state index in [0.717, 1.165) is 11.6 Å². The van der Waals surface area contributed by atoms with E-state index in [4.69, 9.17) is 4.74 Å². The standard InChI is InChI=1S/C15H20NO2/c1-12(16-14(17)18-15(2,3)4)10-11-13-8-6-5-7-9-13/h5-11H,1-4H3,(H,16,17)/b11-10+. The Bertz CT molecular complexity index is 404. The number of carbonyl (C=O) groups excluding carboxylic acids is 1. The third-order valence-electron chi connectivity index (χ3n) is 2.02. The SMILES string of the molecule is C[C](/C=C/c1ccccc1)NC(=O)OC(C)(C)C. The van der Waals surface area contributed by atoms with Gasteiger partial charge in [0.05, 0.1) is 6.04 Å². The smallest absolute Gasteiger partial charge is 0.408 e. The molecule has 0 atom stereocenters. The Balaban J connectivity index is 2.45. The first-order valence-electron chi connectivity index (χ1n) is 5.93. The van der Waals surface area contributed by atoms with Crippen LogP contribution in [-0.4, -0.2) is 11.7 Å². The molecule has 1 radical (unpaired) electrons. The minimum absolute atomic E-state index is 0.433.